The first-order valence-electron chi connectivity index (χ1n) is 10.1. The number of aromatic amines is 1. The molecule has 3 aromatic rings. The van der Waals surface area contributed by atoms with Crippen molar-refractivity contribution in [2.75, 3.05) is 18.1 Å². The Balaban J connectivity index is 1.57. The highest BCUT2D eigenvalue weighted by Crippen LogP contribution is 2.40. The van der Waals surface area contributed by atoms with E-state index in [2.05, 4.69) is 9.97 Å². The maximum Gasteiger partial charge on any atom is 0.226 e. The summed E-state index contributed by atoms with van der Waals surface area (Å²) >= 11 is 0. The number of anilines is 1. The summed E-state index contributed by atoms with van der Waals surface area (Å²) in [5, 5.41) is 0. The van der Waals surface area contributed by atoms with Crippen molar-refractivity contribution < 1.29 is 23.0 Å². The number of hydrogen-bond acceptors (Lipinski definition) is 4. The molecule has 3 heterocycles. The predicted octanol–water partition coefficient (Wildman–Crippen LogP) is 4.57. The summed E-state index contributed by atoms with van der Waals surface area (Å²) < 4.78 is 39.8. The maximum atomic E-state index is 14.5. The van der Waals surface area contributed by atoms with Crippen LogP contribution in [0.15, 0.2) is 24.3 Å². The van der Waals surface area contributed by atoms with Crippen molar-refractivity contribution in [3.05, 3.63) is 47.3 Å². The standard InChI is InChI=1S/C22H21F2N3O3/c1-12-25-16-10-14(27-6-3-2-4-20(27)28)11-19(22(16)26-12)30-17-5-7-29-18-9-13(23)8-15(24)21(17)18/h8-11,17H,2-7H2,1H3,(H,25,26). The molecule has 1 aromatic heterocycles. The van der Waals surface area contributed by atoms with Gasteiger partial charge in [-0.15, -0.1) is 0 Å². The normalized spacial score (nSPS) is 19.0. The van der Waals surface area contributed by atoms with Crippen molar-refractivity contribution >= 4 is 22.6 Å². The van der Waals surface area contributed by atoms with E-state index in [1.54, 1.807) is 11.0 Å². The minimum Gasteiger partial charge on any atom is -0.493 e. The third-order valence-electron chi connectivity index (χ3n) is 5.58. The van der Waals surface area contributed by atoms with E-state index in [9.17, 15) is 13.6 Å². The molecule has 1 saturated heterocycles. The minimum atomic E-state index is -0.702. The van der Waals surface area contributed by atoms with Crippen molar-refractivity contribution in [2.24, 2.45) is 0 Å². The average molecular weight is 413 g/mol. The molecule has 0 radical (unpaired) electrons. The molecule has 2 aliphatic rings. The van der Waals surface area contributed by atoms with E-state index in [0.717, 1.165) is 30.1 Å². The monoisotopic (exact) mass is 413 g/mol. The number of aromatic nitrogens is 2. The quantitative estimate of drug-likeness (QED) is 0.683. The van der Waals surface area contributed by atoms with Crippen LogP contribution in [0.3, 0.4) is 0 Å². The van der Waals surface area contributed by atoms with Crippen LogP contribution in [0.1, 0.15) is 43.2 Å². The molecular formula is C22H21F2N3O3. The van der Waals surface area contributed by atoms with Crippen molar-refractivity contribution in [2.45, 2.75) is 38.7 Å². The number of carbonyl (C=O) groups is 1. The Labute approximate surface area is 171 Å². The van der Waals surface area contributed by atoms with E-state index in [4.69, 9.17) is 9.47 Å². The van der Waals surface area contributed by atoms with Gasteiger partial charge in [0, 0.05) is 43.3 Å². The predicted molar refractivity (Wildman–Crippen MR) is 107 cm³/mol. The number of halogens is 2. The van der Waals surface area contributed by atoms with Gasteiger partial charge in [-0.05, 0) is 25.8 Å². The highest BCUT2D eigenvalue weighted by atomic mass is 19.1. The van der Waals surface area contributed by atoms with E-state index in [-0.39, 0.29) is 23.8 Å². The molecule has 0 bridgehead atoms. The number of hydrogen-bond donors (Lipinski definition) is 1. The Hall–Kier alpha value is -3.16. The van der Waals surface area contributed by atoms with Gasteiger partial charge in [-0.2, -0.15) is 0 Å². The number of benzene rings is 2. The van der Waals surface area contributed by atoms with Crippen molar-refractivity contribution in [3.63, 3.8) is 0 Å². The van der Waals surface area contributed by atoms with E-state index >= 15 is 0 Å². The van der Waals surface area contributed by atoms with Crippen molar-refractivity contribution in [3.8, 4) is 11.5 Å². The van der Waals surface area contributed by atoms with Crippen LogP contribution in [0.5, 0.6) is 11.5 Å². The molecule has 0 saturated carbocycles. The number of imidazole rings is 1. The fraction of sp³-hybridized carbons (Fsp3) is 0.364. The lowest BCUT2D eigenvalue weighted by Crippen LogP contribution is -2.35. The SMILES string of the molecule is Cc1nc2c(OC3CCOc4cc(F)cc(F)c43)cc(N3CCCCC3=O)cc2[nH]1. The van der Waals surface area contributed by atoms with E-state index in [1.165, 1.54) is 6.07 Å². The summed E-state index contributed by atoms with van der Waals surface area (Å²) in [5.74, 6) is -0.0139. The first-order chi connectivity index (χ1) is 14.5. The molecule has 1 amide bonds. The number of ether oxygens (including phenoxy) is 2. The Kier molecular flexibility index (Phi) is 4.56. The van der Waals surface area contributed by atoms with Gasteiger partial charge in [-0.3, -0.25) is 4.79 Å². The molecule has 0 aliphatic carbocycles. The molecule has 5 rings (SSSR count). The van der Waals surface area contributed by atoms with Gasteiger partial charge in [-0.25, -0.2) is 13.8 Å². The second-order valence-corrected chi connectivity index (χ2v) is 7.71. The number of rotatable bonds is 3. The molecule has 1 atom stereocenters. The lowest BCUT2D eigenvalue weighted by molar-refractivity contribution is -0.119. The average Bonchev–Trinajstić information content (AvgIpc) is 3.08. The summed E-state index contributed by atoms with van der Waals surface area (Å²) in [5.41, 5.74) is 2.27. The lowest BCUT2D eigenvalue weighted by Gasteiger charge is -2.29. The molecule has 6 nitrogen and oxygen atoms in total. The van der Waals surface area contributed by atoms with Gasteiger partial charge in [0.1, 0.15) is 40.6 Å². The number of nitrogens with one attached hydrogen (secondary N) is 1. The first kappa shape index (κ1) is 18.8. The number of carbonyl (C=O) groups excluding carboxylic acids is 1. The molecule has 1 fully saturated rings. The molecule has 2 aromatic carbocycles. The minimum absolute atomic E-state index is 0.0701. The number of nitrogens with zero attached hydrogens (tertiary/aromatic N) is 2. The maximum absolute atomic E-state index is 14.5. The number of piperidine rings is 1. The van der Waals surface area contributed by atoms with Gasteiger partial charge >= 0.3 is 0 Å². The Bertz CT molecular complexity index is 1140. The van der Waals surface area contributed by atoms with Crippen LogP contribution in [0.25, 0.3) is 11.0 Å². The third-order valence-corrected chi connectivity index (χ3v) is 5.58. The molecule has 1 N–H and O–H groups in total. The summed E-state index contributed by atoms with van der Waals surface area (Å²) in [6.07, 6.45) is 2.10. The van der Waals surface area contributed by atoms with Crippen LogP contribution in [0.2, 0.25) is 0 Å². The van der Waals surface area contributed by atoms with Gasteiger partial charge in [0.2, 0.25) is 5.91 Å². The Morgan fingerprint density at radius 3 is 2.93 bits per heavy atom. The van der Waals surface area contributed by atoms with Crippen LogP contribution in [-0.2, 0) is 4.79 Å². The molecule has 8 heteroatoms. The zero-order valence-electron chi connectivity index (χ0n) is 16.5. The summed E-state index contributed by atoms with van der Waals surface area (Å²) in [6, 6.07) is 5.67. The van der Waals surface area contributed by atoms with Gasteiger partial charge < -0.3 is 19.4 Å². The fourth-order valence-electron chi connectivity index (χ4n) is 4.20. The summed E-state index contributed by atoms with van der Waals surface area (Å²) in [4.78, 5) is 21.9. The Morgan fingerprint density at radius 1 is 1.23 bits per heavy atom. The number of fused-ring (bicyclic) bond motifs is 2. The Morgan fingerprint density at radius 2 is 2.10 bits per heavy atom. The van der Waals surface area contributed by atoms with Crippen LogP contribution >= 0.6 is 0 Å². The molecule has 1 unspecified atom stereocenters. The molecule has 2 aliphatic heterocycles. The summed E-state index contributed by atoms with van der Waals surface area (Å²) in [7, 11) is 0. The van der Waals surface area contributed by atoms with Crippen molar-refractivity contribution in [1.82, 2.24) is 9.97 Å². The fourth-order valence-corrected chi connectivity index (χ4v) is 4.20. The van der Waals surface area contributed by atoms with Crippen LogP contribution < -0.4 is 14.4 Å². The zero-order valence-corrected chi connectivity index (χ0v) is 16.5. The second-order valence-electron chi connectivity index (χ2n) is 7.71. The van der Waals surface area contributed by atoms with Gasteiger partial charge in [-0.1, -0.05) is 0 Å². The summed E-state index contributed by atoms with van der Waals surface area (Å²) in [6.45, 7) is 2.76. The first-order valence-corrected chi connectivity index (χ1v) is 10.1. The number of H-pyrrole nitrogens is 1. The van der Waals surface area contributed by atoms with Crippen LogP contribution in [-0.4, -0.2) is 29.0 Å². The molecule has 30 heavy (non-hydrogen) atoms. The van der Waals surface area contributed by atoms with Crippen LogP contribution in [0.4, 0.5) is 14.5 Å². The van der Waals surface area contributed by atoms with Crippen LogP contribution in [0, 0.1) is 18.6 Å². The zero-order chi connectivity index (χ0) is 20.8. The lowest BCUT2D eigenvalue weighted by atomic mass is 10.0. The van der Waals surface area contributed by atoms with Gasteiger partial charge in [0.15, 0.2) is 0 Å². The second kappa shape index (κ2) is 7.27. The largest absolute Gasteiger partial charge is 0.493 e. The van der Waals surface area contributed by atoms with Gasteiger partial charge in [0.25, 0.3) is 0 Å². The van der Waals surface area contributed by atoms with Gasteiger partial charge in [0.05, 0.1) is 17.7 Å². The number of aryl methyl sites for hydroxylation is 1. The topological polar surface area (TPSA) is 67.5 Å². The highest BCUT2D eigenvalue weighted by Gasteiger charge is 2.29. The van der Waals surface area contributed by atoms with E-state index in [1.807, 2.05) is 13.0 Å². The highest BCUT2D eigenvalue weighted by molar-refractivity contribution is 5.97. The molecular weight excluding hydrogens is 392 g/mol. The third kappa shape index (κ3) is 3.26. The van der Waals surface area contributed by atoms with E-state index < -0.39 is 17.7 Å². The molecule has 0 spiro atoms. The van der Waals surface area contributed by atoms with E-state index in [0.29, 0.717) is 36.5 Å². The molecule has 156 valence electrons. The smallest absolute Gasteiger partial charge is 0.226 e. The van der Waals surface area contributed by atoms with Crippen molar-refractivity contribution in [1.29, 1.82) is 0 Å². The number of amides is 1.